The van der Waals surface area contributed by atoms with Crippen LogP contribution in [0.2, 0.25) is 0 Å². The van der Waals surface area contributed by atoms with Crippen LogP contribution >= 0.6 is 28.1 Å². The van der Waals surface area contributed by atoms with E-state index in [1.807, 2.05) is 42.7 Å². The molecule has 0 saturated carbocycles. The van der Waals surface area contributed by atoms with Gasteiger partial charge in [0.05, 0.1) is 6.04 Å². The van der Waals surface area contributed by atoms with Crippen molar-refractivity contribution < 1.29 is 0 Å². The highest BCUT2D eigenvalue weighted by molar-refractivity contribution is 9.10. The number of benzene rings is 1. The normalized spacial score (nSPS) is 18.0. The Bertz CT molecular complexity index is 630. The molecule has 1 aromatic carbocycles. The number of pyridine rings is 1. The molecule has 1 N–H and O–H groups in total. The number of nitrogens with one attached hydrogen (secondary N) is 1. The minimum atomic E-state index is 0.317. The van der Waals surface area contributed by atoms with Gasteiger partial charge in [-0.1, -0.05) is 22.0 Å². The number of hydrogen-bond donors (Lipinski definition) is 1. The lowest BCUT2D eigenvalue weighted by Crippen LogP contribution is -2.41. The summed E-state index contributed by atoms with van der Waals surface area (Å²) in [6, 6.07) is 12.5. The van der Waals surface area contributed by atoms with Gasteiger partial charge in [0.25, 0.3) is 0 Å². The number of piperidine rings is 1. The van der Waals surface area contributed by atoms with Crippen molar-refractivity contribution in [2.75, 3.05) is 11.9 Å². The molecule has 1 atom stereocenters. The number of halogens is 1. The number of thiocarbonyl (C=S) groups is 1. The van der Waals surface area contributed by atoms with E-state index in [4.69, 9.17) is 12.2 Å². The minimum Gasteiger partial charge on any atom is -0.342 e. The Morgan fingerprint density at radius 2 is 2.05 bits per heavy atom. The van der Waals surface area contributed by atoms with Crippen LogP contribution in [0, 0.1) is 0 Å². The summed E-state index contributed by atoms with van der Waals surface area (Å²) in [5.41, 5.74) is 2.26. The third-order valence-corrected chi connectivity index (χ3v) is 4.79. The number of nitrogens with zero attached hydrogens (tertiary/aromatic N) is 2. The second kappa shape index (κ2) is 7.20. The summed E-state index contributed by atoms with van der Waals surface area (Å²) >= 11 is 9.10. The zero-order valence-corrected chi connectivity index (χ0v) is 14.6. The molecular formula is C17H18BrN3S. The summed E-state index contributed by atoms with van der Waals surface area (Å²) in [6.07, 6.45) is 7.30. The molecule has 0 bridgehead atoms. The van der Waals surface area contributed by atoms with Gasteiger partial charge in [-0.15, -0.1) is 0 Å². The zero-order chi connectivity index (χ0) is 15.4. The maximum absolute atomic E-state index is 5.65. The van der Waals surface area contributed by atoms with Gasteiger partial charge in [0.15, 0.2) is 5.11 Å². The summed E-state index contributed by atoms with van der Waals surface area (Å²) < 4.78 is 1.06. The van der Waals surface area contributed by atoms with Crippen LogP contribution in [0.1, 0.15) is 30.9 Å². The Kier molecular flexibility index (Phi) is 5.05. The van der Waals surface area contributed by atoms with Gasteiger partial charge in [-0.2, -0.15) is 0 Å². The maximum Gasteiger partial charge on any atom is 0.173 e. The van der Waals surface area contributed by atoms with Crippen LogP contribution in [0.25, 0.3) is 0 Å². The molecule has 114 valence electrons. The maximum atomic E-state index is 5.65. The van der Waals surface area contributed by atoms with Crippen molar-refractivity contribution in [3.05, 3.63) is 58.8 Å². The Hall–Kier alpha value is -1.46. The minimum absolute atomic E-state index is 0.317. The van der Waals surface area contributed by atoms with E-state index in [9.17, 15) is 0 Å². The van der Waals surface area contributed by atoms with Crippen LogP contribution in [0.15, 0.2) is 53.3 Å². The summed E-state index contributed by atoms with van der Waals surface area (Å²) in [5, 5.41) is 4.14. The first kappa shape index (κ1) is 15.4. The molecule has 1 fully saturated rings. The predicted molar refractivity (Wildman–Crippen MR) is 97.9 cm³/mol. The van der Waals surface area contributed by atoms with Crippen LogP contribution in [0.3, 0.4) is 0 Å². The van der Waals surface area contributed by atoms with Crippen LogP contribution in [-0.2, 0) is 0 Å². The summed E-state index contributed by atoms with van der Waals surface area (Å²) in [7, 11) is 0. The van der Waals surface area contributed by atoms with Gasteiger partial charge in [-0.25, -0.2) is 0 Å². The number of hydrogen-bond acceptors (Lipinski definition) is 2. The average Bonchev–Trinajstić information content (AvgIpc) is 2.58. The molecule has 1 aliphatic rings. The number of likely N-dealkylation sites (tertiary alicyclic amines) is 1. The third-order valence-electron chi connectivity index (χ3n) is 3.93. The summed E-state index contributed by atoms with van der Waals surface area (Å²) in [4.78, 5) is 6.54. The average molecular weight is 376 g/mol. The summed E-state index contributed by atoms with van der Waals surface area (Å²) in [6.45, 7) is 0.988. The molecule has 3 nitrogen and oxygen atoms in total. The molecule has 5 heteroatoms. The SMILES string of the molecule is S=C(Nc1ccc(Br)cc1)N1CCCC[C@@H]1c1cccnc1. The fraction of sp³-hybridized carbons (Fsp3) is 0.294. The van der Waals surface area contributed by atoms with Crippen molar-refractivity contribution in [3.63, 3.8) is 0 Å². The highest BCUT2D eigenvalue weighted by Gasteiger charge is 2.26. The Balaban J connectivity index is 1.75. The topological polar surface area (TPSA) is 28.2 Å². The van der Waals surface area contributed by atoms with E-state index < -0.39 is 0 Å². The third kappa shape index (κ3) is 3.65. The van der Waals surface area contributed by atoms with Crippen molar-refractivity contribution in [2.24, 2.45) is 0 Å². The standard InChI is InChI=1S/C17H18BrN3S/c18-14-6-8-15(9-7-14)20-17(22)21-11-2-1-5-16(21)13-4-3-10-19-12-13/h3-4,6-10,12,16H,1-2,5,11H2,(H,20,22)/t16-/m1/s1. The molecule has 0 amide bonds. The van der Waals surface area contributed by atoms with Crippen molar-refractivity contribution in [2.45, 2.75) is 25.3 Å². The van der Waals surface area contributed by atoms with Gasteiger partial charge in [-0.05, 0) is 67.4 Å². The lowest BCUT2D eigenvalue weighted by Gasteiger charge is -2.37. The lowest BCUT2D eigenvalue weighted by atomic mass is 9.97. The predicted octanol–water partition coefficient (Wildman–Crippen LogP) is 4.77. The van der Waals surface area contributed by atoms with Crippen LogP contribution in [-0.4, -0.2) is 21.5 Å². The van der Waals surface area contributed by atoms with Gasteiger partial charge in [0.2, 0.25) is 0 Å². The number of anilines is 1. The smallest absolute Gasteiger partial charge is 0.173 e. The van der Waals surface area contributed by atoms with Gasteiger partial charge < -0.3 is 10.2 Å². The van der Waals surface area contributed by atoms with Crippen molar-refractivity contribution in [1.82, 2.24) is 9.88 Å². The fourth-order valence-corrected chi connectivity index (χ4v) is 3.42. The molecule has 0 unspecified atom stereocenters. The van der Waals surface area contributed by atoms with E-state index in [2.05, 4.69) is 37.2 Å². The monoisotopic (exact) mass is 375 g/mol. The molecule has 1 aliphatic heterocycles. The molecule has 1 aromatic heterocycles. The molecule has 2 heterocycles. The van der Waals surface area contributed by atoms with E-state index in [0.29, 0.717) is 6.04 Å². The first-order chi connectivity index (χ1) is 10.7. The fourth-order valence-electron chi connectivity index (χ4n) is 2.82. The highest BCUT2D eigenvalue weighted by Crippen LogP contribution is 2.31. The molecule has 1 saturated heterocycles. The van der Waals surface area contributed by atoms with E-state index in [-0.39, 0.29) is 0 Å². The molecule has 0 aliphatic carbocycles. The summed E-state index contributed by atoms with van der Waals surface area (Å²) in [5.74, 6) is 0. The van der Waals surface area contributed by atoms with E-state index in [0.717, 1.165) is 28.2 Å². The zero-order valence-electron chi connectivity index (χ0n) is 12.2. The first-order valence-corrected chi connectivity index (χ1v) is 8.67. The van der Waals surface area contributed by atoms with E-state index >= 15 is 0 Å². The highest BCUT2D eigenvalue weighted by atomic mass is 79.9. The largest absolute Gasteiger partial charge is 0.342 e. The number of aromatic nitrogens is 1. The molecular weight excluding hydrogens is 358 g/mol. The molecule has 2 aromatic rings. The molecule has 0 spiro atoms. The Morgan fingerprint density at radius 3 is 2.77 bits per heavy atom. The van der Waals surface area contributed by atoms with E-state index in [1.54, 1.807) is 0 Å². The van der Waals surface area contributed by atoms with Crippen LogP contribution < -0.4 is 5.32 Å². The molecule has 3 rings (SSSR count). The van der Waals surface area contributed by atoms with Crippen LogP contribution in [0.4, 0.5) is 5.69 Å². The van der Waals surface area contributed by atoms with Crippen LogP contribution in [0.5, 0.6) is 0 Å². The number of rotatable bonds is 2. The van der Waals surface area contributed by atoms with Gasteiger partial charge in [0, 0.05) is 29.1 Å². The Labute approximate surface area is 144 Å². The second-order valence-corrected chi connectivity index (χ2v) is 6.73. The molecule has 22 heavy (non-hydrogen) atoms. The van der Waals surface area contributed by atoms with Crippen molar-refractivity contribution in [1.29, 1.82) is 0 Å². The van der Waals surface area contributed by atoms with Crippen molar-refractivity contribution >= 4 is 38.9 Å². The van der Waals surface area contributed by atoms with Crippen molar-refractivity contribution in [3.8, 4) is 0 Å². The van der Waals surface area contributed by atoms with E-state index in [1.165, 1.54) is 18.4 Å². The van der Waals surface area contributed by atoms with Gasteiger partial charge >= 0.3 is 0 Å². The van der Waals surface area contributed by atoms with Gasteiger partial charge in [0.1, 0.15) is 0 Å². The Morgan fingerprint density at radius 1 is 1.23 bits per heavy atom. The quantitative estimate of drug-likeness (QED) is 0.765. The second-order valence-electron chi connectivity index (χ2n) is 5.43. The molecule has 0 radical (unpaired) electrons. The van der Waals surface area contributed by atoms with Gasteiger partial charge in [-0.3, -0.25) is 4.98 Å². The first-order valence-electron chi connectivity index (χ1n) is 7.47. The lowest BCUT2D eigenvalue weighted by molar-refractivity contribution is 0.248.